The average molecular weight is 756 g/mol. The number of hydrogen-bond acceptors (Lipinski definition) is 3. The molecule has 0 amide bonds. The molecule has 0 atom stereocenters. The molecule has 0 unspecified atom stereocenters. The van der Waals surface area contributed by atoms with Gasteiger partial charge in [0.05, 0.1) is 0 Å². The van der Waals surface area contributed by atoms with E-state index in [0.717, 1.165) is 27.8 Å². The Bertz CT molecular complexity index is 3450. The van der Waals surface area contributed by atoms with Crippen molar-refractivity contribution in [1.82, 2.24) is 14.8 Å². The highest BCUT2D eigenvalue weighted by atomic mass is 32.1. The van der Waals surface area contributed by atoms with E-state index in [9.17, 15) is 0 Å². The molecule has 0 spiro atoms. The minimum Gasteiger partial charge on any atom is -0.266 e. The van der Waals surface area contributed by atoms with E-state index < -0.39 is 0 Å². The first kappa shape index (κ1) is 32.8. The van der Waals surface area contributed by atoms with Gasteiger partial charge in [0.2, 0.25) is 0 Å². The van der Waals surface area contributed by atoms with E-state index in [0.29, 0.717) is 0 Å². The maximum atomic E-state index is 4.76. The number of benzene rings is 10. The zero-order chi connectivity index (χ0) is 38.2. The zero-order valence-corrected chi connectivity index (χ0v) is 32.1. The predicted molar refractivity (Wildman–Crippen MR) is 245 cm³/mol. The third-order valence-corrected chi connectivity index (χ3v) is 12.8. The van der Waals surface area contributed by atoms with E-state index in [-0.39, 0.29) is 0 Å². The van der Waals surface area contributed by atoms with Crippen LogP contribution in [0.4, 0.5) is 0 Å². The lowest BCUT2D eigenvalue weighted by Gasteiger charge is -2.22. The predicted octanol–water partition coefficient (Wildman–Crippen LogP) is 14.9. The van der Waals surface area contributed by atoms with E-state index in [1.165, 1.54) is 86.6 Å². The molecular formula is C54H33N3S. The Labute approximate surface area is 339 Å². The fourth-order valence-corrected chi connectivity index (χ4v) is 9.99. The monoisotopic (exact) mass is 755 g/mol. The molecule has 3 nitrogen and oxygen atoms in total. The van der Waals surface area contributed by atoms with E-state index in [1.54, 1.807) is 11.3 Å². The first-order valence-electron chi connectivity index (χ1n) is 19.6. The summed E-state index contributed by atoms with van der Waals surface area (Å²) in [6.07, 6.45) is 0. The summed E-state index contributed by atoms with van der Waals surface area (Å²) in [4.78, 5) is 1.18. The summed E-state index contributed by atoms with van der Waals surface area (Å²) in [5.74, 6) is 1.64. The van der Waals surface area contributed by atoms with Crippen LogP contribution in [-0.4, -0.2) is 14.8 Å². The Morgan fingerprint density at radius 2 is 0.828 bits per heavy atom. The van der Waals surface area contributed by atoms with Crippen LogP contribution >= 0.6 is 11.3 Å². The Hall–Kier alpha value is -7.40. The largest absolute Gasteiger partial charge is 0.266 e. The molecule has 0 N–H and O–H groups in total. The van der Waals surface area contributed by atoms with Gasteiger partial charge in [-0.3, -0.25) is 4.57 Å². The maximum Gasteiger partial charge on any atom is 0.169 e. The van der Waals surface area contributed by atoms with Crippen LogP contribution in [-0.2, 0) is 0 Å². The van der Waals surface area contributed by atoms with Crippen LogP contribution in [0.3, 0.4) is 0 Å². The van der Waals surface area contributed by atoms with Crippen molar-refractivity contribution in [1.29, 1.82) is 0 Å². The quantitative estimate of drug-likeness (QED) is 0.158. The molecule has 0 fully saturated rings. The number of aromatic nitrogens is 3. The van der Waals surface area contributed by atoms with Crippen LogP contribution in [0.1, 0.15) is 0 Å². The summed E-state index contributed by atoms with van der Waals surface area (Å²) < 4.78 is 2.21. The Morgan fingerprint density at radius 3 is 1.47 bits per heavy atom. The first-order chi connectivity index (χ1) is 28.7. The molecule has 10 aromatic carbocycles. The molecule has 0 aliphatic heterocycles. The molecule has 58 heavy (non-hydrogen) atoms. The van der Waals surface area contributed by atoms with Gasteiger partial charge in [-0.1, -0.05) is 164 Å². The average Bonchev–Trinajstić information content (AvgIpc) is 3.97. The normalized spacial score (nSPS) is 11.8. The SMILES string of the molecule is c1ccc(-c2nnc(-c3ccccc3)n2-c2ccc(-c3cc4ccc5cccc6c(-c7ccc8ccccc8c7)c(-c7ccc8ccccc8c7)c(c3)c4c56)s2)cc1. The lowest BCUT2D eigenvalue weighted by atomic mass is 9.81. The van der Waals surface area contributed by atoms with Crippen LogP contribution in [0.5, 0.6) is 0 Å². The smallest absolute Gasteiger partial charge is 0.169 e. The van der Waals surface area contributed by atoms with E-state index in [4.69, 9.17) is 10.2 Å². The van der Waals surface area contributed by atoms with Crippen molar-refractivity contribution in [3.63, 3.8) is 0 Å². The second-order valence-electron chi connectivity index (χ2n) is 15.0. The molecule has 12 rings (SSSR count). The highest BCUT2D eigenvalue weighted by molar-refractivity contribution is 7.18. The molecule has 0 saturated carbocycles. The summed E-state index contributed by atoms with van der Waals surface area (Å²) in [6, 6.07) is 72.7. The van der Waals surface area contributed by atoms with Gasteiger partial charge in [0.15, 0.2) is 11.6 Å². The van der Waals surface area contributed by atoms with Crippen LogP contribution in [0.25, 0.3) is 114 Å². The second-order valence-corrected chi connectivity index (χ2v) is 16.1. The van der Waals surface area contributed by atoms with Crippen LogP contribution in [0, 0.1) is 0 Å². The lowest BCUT2D eigenvalue weighted by Crippen LogP contribution is -1.98. The molecule has 0 saturated heterocycles. The van der Waals surface area contributed by atoms with E-state index in [1.807, 2.05) is 12.1 Å². The lowest BCUT2D eigenvalue weighted by molar-refractivity contribution is 1.10. The molecule has 0 aliphatic carbocycles. The maximum absolute atomic E-state index is 4.76. The van der Waals surface area contributed by atoms with E-state index >= 15 is 0 Å². The summed E-state index contributed by atoms with van der Waals surface area (Å²) in [6.45, 7) is 0. The Kier molecular flexibility index (Phi) is 7.40. The van der Waals surface area contributed by atoms with Crippen LogP contribution < -0.4 is 0 Å². The first-order valence-corrected chi connectivity index (χ1v) is 20.5. The fraction of sp³-hybridized carbons (Fsp3) is 0. The highest BCUT2D eigenvalue weighted by Crippen LogP contribution is 2.50. The van der Waals surface area contributed by atoms with Gasteiger partial charge < -0.3 is 0 Å². The Balaban J connectivity index is 1.14. The van der Waals surface area contributed by atoms with Gasteiger partial charge in [-0.25, -0.2) is 0 Å². The summed E-state index contributed by atoms with van der Waals surface area (Å²) >= 11 is 1.77. The standard InChI is InChI=1S/C54H33N3S/c1-3-14-37(15-4-1)53-55-56-54(38-16-5-2-6-17-38)57(53)48-29-28-47(58-48)44-32-43-27-24-36-20-11-21-45-49(36)51(43)46(33-44)52(42-26-23-35-13-8-10-19-40(35)31-42)50(45)41-25-22-34-12-7-9-18-39(34)30-41/h1-33H. The van der Waals surface area contributed by atoms with Crippen molar-refractivity contribution >= 4 is 65.2 Å². The molecule has 0 bridgehead atoms. The van der Waals surface area contributed by atoms with Crippen LogP contribution in [0.15, 0.2) is 200 Å². The zero-order valence-electron chi connectivity index (χ0n) is 31.3. The molecule has 12 aromatic rings. The summed E-state index contributed by atoms with van der Waals surface area (Å²) in [5, 5.41) is 23.2. The minimum absolute atomic E-state index is 0.821. The van der Waals surface area contributed by atoms with Gasteiger partial charge in [0, 0.05) is 16.0 Å². The number of nitrogens with zero attached hydrogens (tertiary/aromatic N) is 3. The van der Waals surface area contributed by atoms with Gasteiger partial charge in [0.25, 0.3) is 0 Å². The third kappa shape index (κ3) is 5.19. The fourth-order valence-electron chi connectivity index (χ4n) is 8.99. The molecule has 0 aliphatic rings. The van der Waals surface area contributed by atoms with Gasteiger partial charge in [-0.2, -0.15) is 0 Å². The number of hydrogen-bond donors (Lipinski definition) is 0. The third-order valence-electron chi connectivity index (χ3n) is 11.6. The molecule has 0 radical (unpaired) electrons. The minimum atomic E-state index is 0.821. The van der Waals surface area contributed by atoms with Gasteiger partial charge >= 0.3 is 0 Å². The van der Waals surface area contributed by atoms with Crippen molar-refractivity contribution in [3.05, 3.63) is 200 Å². The number of thiophene rings is 1. The molecule has 2 heterocycles. The van der Waals surface area contributed by atoms with Crippen molar-refractivity contribution in [2.75, 3.05) is 0 Å². The van der Waals surface area contributed by atoms with Crippen molar-refractivity contribution in [3.8, 4) is 60.5 Å². The molecule has 2 aromatic heterocycles. The summed E-state index contributed by atoms with van der Waals surface area (Å²) in [5.41, 5.74) is 8.18. The topological polar surface area (TPSA) is 30.7 Å². The molecular weight excluding hydrogens is 723 g/mol. The van der Waals surface area contributed by atoms with Crippen LogP contribution in [0.2, 0.25) is 0 Å². The van der Waals surface area contributed by atoms with Crippen molar-refractivity contribution < 1.29 is 0 Å². The van der Waals surface area contributed by atoms with Gasteiger partial charge in [0.1, 0.15) is 5.00 Å². The molecule has 4 heteroatoms. The summed E-state index contributed by atoms with van der Waals surface area (Å²) in [7, 11) is 0. The Morgan fingerprint density at radius 1 is 0.328 bits per heavy atom. The van der Waals surface area contributed by atoms with E-state index in [2.05, 4.69) is 193 Å². The van der Waals surface area contributed by atoms with Gasteiger partial charge in [-0.05, 0) is 118 Å². The second kappa shape index (κ2) is 13.1. The van der Waals surface area contributed by atoms with Crippen molar-refractivity contribution in [2.45, 2.75) is 0 Å². The van der Waals surface area contributed by atoms with Gasteiger partial charge in [-0.15, -0.1) is 21.5 Å². The molecule has 270 valence electrons. The van der Waals surface area contributed by atoms with Crippen molar-refractivity contribution in [2.24, 2.45) is 0 Å². The number of fused-ring (bicyclic) bond motifs is 2. The number of rotatable bonds is 6. The highest BCUT2D eigenvalue weighted by Gasteiger charge is 2.23.